The van der Waals surface area contributed by atoms with E-state index in [-0.39, 0.29) is 24.1 Å². The zero-order valence-corrected chi connectivity index (χ0v) is 11.9. The topological polar surface area (TPSA) is 68.4 Å². The molecule has 9 heteroatoms. The number of esters is 1. The molecule has 0 spiro atoms. The summed E-state index contributed by atoms with van der Waals surface area (Å²) in [5, 5.41) is 0.146. The summed E-state index contributed by atoms with van der Waals surface area (Å²) in [7, 11) is 0. The van der Waals surface area contributed by atoms with E-state index in [1.165, 1.54) is 0 Å². The maximum absolute atomic E-state index is 12.1. The van der Waals surface area contributed by atoms with E-state index in [0.29, 0.717) is 5.56 Å². The highest BCUT2D eigenvalue weighted by Crippen LogP contribution is 2.22. The van der Waals surface area contributed by atoms with E-state index in [1.54, 1.807) is 6.92 Å². The molecule has 1 aromatic rings. The summed E-state index contributed by atoms with van der Waals surface area (Å²) >= 11 is 3.06. The number of hydrogen-bond donors (Lipinski definition) is 1. The Morgan fingerprint density at radius 2 is 2.10 bits per heavy atom. The highest BCUT2D eigenvalue weighted by atomic mass is 79.9. The first-order valence-electron chi connectivity index (χ1n) is 5.49. The number of pyridine rings is 1. The number of aromatic amines is 1. The SMILES string of the molecule is CCOC(=O)Cc1[nH]c(=O)c(OC(F)(F)F)cc1CBr. The molecule has 20 heavy (non-hydrogen) atoms. The van der Waals surface area contributed by atoms with Gasteiger partial charge in [-0.2, -0.15) is 0 Å². The molecule has 0 aliphatic carbocycles. The number of ether oxygens (including phenoxy) is 2. The van der Waals surface area contributed by atoms with Gasteiger partial charge in [-0.25, -0.2) is 0 Å². The molecule has 0 fully saturated rings. The van der Waals surface area contributed by atoms with E-state index in [0.717, 1.165) is 6.07 Å². The van der Waals surface area contributed by atoms with Gasteiger partial charge in [0.1, 0.15) is 0 Å². The van der Waals surface area contributed by atoms with Gasteiger partial charge in [0.15, 0.2) is 5.75 Å². The number of carbonyl (C=O) groups is 1. The molecule has 0 saturated heterocycles. The van der Waals surface area contributed by atoms with Gasteiger partial charge in [-0.1, -0.05) is 15.9 Å². The van der Waals surface area contributed by atoms with Crippen molar-refractivity contribution in [1.82, 2.24) is 4.98 Å². The minimum absolute atomic E-state index is 0.146. The van der Waals surface area contributed by atoms with Gasteiger partial charge in [0.25, 0.3) is 5.56 Å². The molecule has 1 heterocycles. The molecule has 0 bridgehead atoms. The average Bonchev–Trinajstić information content (AvgIpc) is 2.31. The molecule has 0 aromatic carbocycles. The number of aromatic nitrogens is 1. The second-order valence-electron chi connectivity index (χ2n) is 3.63. The van der Waals surface area contributed by atoms with Gasteiger partial charge in [-0.3, -0.25) is 9.59 Å². The first-order chi connectivity index (χ1) is 9.26. The number of hydrogen-bond acceptors (Lipinski definition) is 4. The summed E-state index contributed by atoms with van der Waals surface area (Å²) in [4.78, 5) is 25.0. The molecule has 5 nitrogen and oxygen atoms in total. The van der Waals surface area contributed by atoms with Crippen LogP contribution in [-0.4, -0.2) is 23.9 Å². The standard InChI is InChI=1S/C11H11BrF3NO4/c1-2-19-9(17)4-7-6(5-12)3-8(10(18)16-7)20-11(13,14)15/h3H,2,4-5H2,1H3,(H,16,18). The van der Waals surface area contributed by atoms with Gasteiger partial charge in [0, 0.05) is 11.0 Å². The Balaban J connectivity index is 3.07. The first-order valence-corrected chi connectivity index (χ1v) is 6.61. The van der Waals surface area contributed by atoms with Crippen molar-refractivity contribution in [1.29, 1.82) is 0 Å². The zero-order chi connectivity index (χ0) is 15.3. The van der Waals surface area contributed by atoms with Crippen LogP contribution in [0.25, 0.3) is 0 Å². The first kappa shape index (κ1) is 16.5. The number of H-pyrrole nitrogens is 1. The van der Waals surface area contributed by atoms with E-state index >= 15 is 0 Å². The van der Waals surface area contributed by atoms with Crippen LogP contribution in [0, 0.1) is 0 Å². The van der Waals surface area contributed by atoms with Crippen LogP contribution in [0.4, 0.5) is 13.2 Å². The van der Waals surface area contributed by atoms with Crippen molar-refractivity contribution in [3.8, 4) is 5.75 Å². The fourth-order valence-corrected chi connectivity index (χ4v) is 1.92. The average molecular weight is 358 g/mol. The molecule has 0 radical (unpaired) electrons. The van der Waals surface area contributed by atoms with Crippen LogP contribution < -0.4 is 10.3 Å². The molecule has 0 atom stereocenters. The molecule has 0 unspecified atom stereocenters. The molecule has 0 aliphatic rings. The summed E-state index contributed by atoms with van der Waals surface area (Å²) < 4.78 is 44.6. The lowest BCUT2D eigenvalue weighted by Crippen LogP contribution is -2.24. The Hall–Kier alpha value is -1.51. The number of halogens is 4. The van der Waals surface area contributed by atoms with E-state index in [4.69, 9.17) is 4.74 Å². The van der Waals surface area contributed by atoms with Gasteiger partial charge in [0.05, 0.1) is 13.0 Å². The molecule has 1 N–H and O–H groups in total. The largest absolute Gasteiger partial charge is 0.573 e. The summed E-state index contributed by atoms with van der Waals surface area (Å²) in [5.41, 5.74) is -0.580. The second kappa shape index (κ2) is 6.78. The van der Waals surface area contributed by atoms with Crippen LogP contribution >= 0.6 is 15.9 Å². The van der Waals surface area contributed by atoms with Crippen molar-refractivity contribution in [3.63, 3.8) is 0 Å². The molecule has 1 aromatic heterocycles. The molecule has 0 aliphatic heterocycles. The molecular weight excluding hydrogens is 347 g/mol. The van der Waals surface area contributed by atoms with Gasteiger partial charge in [-0.05, 0) is 18.6 Å². The highest BCUT2D eigenvalue weighted by Gasteiger charge is 2.32. The highest BCUT2D eigenvalue weighted by molar-refractivity contribution is 9.08. The van der Waals surface area contributed by atoms with Crippen molar-refractivity contribution in [3.05, 3.63) is 27.7 Å². The van der Waals surface area contributed by atoms with E-state index in [2.05, 4.69) is 25.7 Å². The van der Waals surface area contributed by atoms with Crippen molar-refractivity contribution < 1.29 is 27.4 Å². The van der Waals surface area contributed by atoms with Crippen LogP contribution in [0.2, 0.25) is 0 Å². The zero-order valence-electron chi connectivity index (χ0n) is 10.3. The van der Waals surface area contributed by atoms with E-state index in [1.807, 2.05) is 0 Å². The predicted octanol–water partition coefficient (Wildman–Crippen LogP) is 2.27. The molecule has 112 valence electrons. The Bertz CT molecular complexity index is 541. The number of nitrogens with one attached hydrogen (secondary N) is 1. The van der Waals surface area contributed by atoms with Crippen LogP contribution in [0.3, 0.4) is 0 Å². The summed E-state index contributed by atoms with van der Waals surface area (Å²) in [6.45, 7) is 1.79. The van der Waals surface area contributed by atoms with Crippen molar-refractivity contribution in [2.24, 2.45) is 0 Å². The molecular formula is C11H11BrF3NO4. The Labute approximate surface area is 120 Å². The number of alkyl halides is 4. The number of rotatable bonds is 5. The smallest absolute Gasteiger partial charge is 0.466 e. The van der Waals surface area contributed by atoms with Crippen LogP contribution in [-0.2, 0) is 21.3 Å². The van der Waals surface area contributed by atoms with Gasteiger partial charge in [0.2, 0.25) is 0 Å². The summed E-state index contributed by atoms with van der Waals surface area (Å²) in [5.74, 6) is -1.46. The van der Waals surface area contributed by atoms with Crippen molar-refractivity contribution in [2.45, 2.75) is 25.0 Å². The Morgan fingerprint density at radius 3 is 2.60 bits per heavy atom. The quantitative estimate of drug-likeness (QED) is 0.648. The van der Waals surface area contributed by atoms with E-state index < -0.39 is 23.6 Å². The number of carbonyl (C=O) groups excluding carboxylic acids is 1. The molecule has 1 rings (SSSR count). The maximum Gasteiger partial charge on any atom is 0.573 e. The van der Waals surface area contributed by atoms with Gasteiger partial charge < -0.3 is 14.5 Å². The van der Waals surface area contributed by atoms with Crippen LogP contribution in [0.1, 0.15) is 18.2 Å². The Morgan fingerprint density at radius 1 is 1.45 bits per heavy atom. The third-order valence-electron chi connectivity index (χ3n) is 2.18. The lowest BCUT2D eigenvalue weighted by atomic mass is 10.1. The second-order valence-corrected chi connectivity index (χ2v) is 4.19. The van der Waals surface area contributed by atoms with Gasteiger partial charge in [-0.15, -0.1) is 13.2 Å². The monoisotopic (exact) mass is 357 g/mol. The molecule has 0 saturated carbocycles. The van der Waals surface area contributed by atoms with Gasteiger partial charge >= 0.3 is 12.3 Å². The van der Waals surface area contributed by atoms with Crippen molar-refractivity contribution >= 4 is 21.9 Å². The fourth-order valence-electron chi connectivity index (χ4n) is 1.42. The fraction of sp³-hybridized carbons (Fsp3) is 0.455. The Kier molecular flexibility index (Phi) is 5.61. The maximum atomic E-state index is 12.1. The summed E-state index contributed by atoms with van der Waals surface area (Å²) in [6.07, 6.45) is -5.20. The minimum Gasteiger partial charge on any atom is -0.466 e. The lowest BCUT2D eigenvalue weighted by molar-refractivity contribution is -0.275. The third-order valence-corrected chi connectivity index (χ3v) is 2.78. The summed E-state index contributed by atoms with van der Waals surface area (Å²) in [6, 6.07) is 0.940. The predicted molar refractivity (Wildman–Crippen MR) is 66.7 cm³/mol. The van der Waals surface area contributed by atoms with Crippen LogP contribution in [0.5, 0.6) is 5.75 Å². The normalized spacial score (nSPS) is 11.2. The molecule has 0 amide bonds. The minimum atomic E-state index is -4.96. The van der Waals surface area contributed by atoms with Crippen molar-refractivity contribution in [2.75, 3.05) is 6.61 Å². The third kappa shape index (κ3) is 4.87. The van der Waals surface area contributed by atoms with Crippen LogP contribution in [0.15, 0.2) is 10.9 Å². The van der Waals surface area contributed by atoms with E-state index in [9.17, 15) is 22.8 Å². The lowest BCUT2D eigenvalue weighted by Gasteiger charge is -2.11.